The molecule has 5 heteroatoms. The average molecular weight is 251 g/mol. The number of ether oxygens (including phenoxy) is 1. The summed E-state index contributed by atoms with van der Waals surface area (Å²) in [6, 6.07) is 1.74. The van der Waals surface area contributed by atoms with E-state index in [1.54, 1.807) is 19.4 Å². The lowest BCUT2D eigenvalue weighted by Crippen LogP contribution is -2.39. The number of nitrogens with zero attached hydrogens (tertiary/aromatic N) is 2. The maximum absolute atomic E-state index is 9.72. The van der Waals surface area contributed by atoms with Crippen LogP contribution in [0.15, 0.2) is 12.3 Å². The first-order chi connectivity index (χ1) is 8.61. The summed E-state index contributed by atoms with van der Waals surface area (Å²) in [5.41, 5.74) is 6.61. The number of methoxy groups -OCH3 is 1. The Hall–Kier alpha value is -1.49. The van der Waals surface area contributed by atoms with Crippen LogP contribution in [0.3, 0.4) is 0 Å². The van der Waals surface area contributed by atoms with E-state index in [4.69, 9.17) is 10.5 Å². The van der Waals surface area contributed by atoms with E-state index in [2.05, 4.69) is 9.88 Å². The number of rotatable bonds is 3. The molecule has 0 saturated carbocycles. The molecule has 0 radical (unpaired) electrons. The van der Waals surface area contributed by atoms with Gasteiger partial charge in [-0.2, -0.15) is 0 Å². The second-order valence-corrected chi connectivity index (χ2v) is 4.87. The van der Waals surface area contributed by atoms with Gasteiger partial charge in [0.1, 0.15) is 11.6 Å². The number of pyridine rings is 1. The quantitative estimate of drug-likeness (QED) is 0.846. The van der Waals surface area contributed by atoms with Crippen LogP contribution < -0.4 is 15.4 Å². The predicted molar refractivity (Wildman–Crippen MR) is 71.8 cm³/mol. The van der Waals surface area contributed by atoms with E-state index < -0.39 is 0 Å². The van der Waals surface area contributed by atoms with E-state index >= 15 is 0 Å². The van der Waals surface area contributed by atoms with Crippen LogP contribution in [0, 0.1) is 5.92 Å². The largest absolute Gasteiger partial charge is 0.494 e. The highest BCUT2D eigenvalue weighted by atomic mass is 16.5. The molecule has 1 fully saturated rings. The van der Waals surface area contributed by atoms with E-state index in [-0.39, 0.29) is 6.10 Å². The Morgan fingerprint density at radius 3 is 3.06 bits per heavy atom. The molecule has 0 bridgehead atoms. The third kappa shape index (κ3) is 2.67. The van der Waals surface area contributed by atoms with Gasteiger partial charge in [0.2, 0.25) is 0 Å². The predicted octanol–water partition coefficient (Wildman–Crippen LogP) is 1.27. The van der Waals surface area contributed by atoms with E-state index in [1.165, 1.54) is 0 Å². The highest BCUT2D eigenvalue weighted by molar-refractivity contribution is 5.60. The van der Waals surface area contributed by atoms with Crippen molar-refractivity contribution >= 4 is 11.5 Å². The molecule has 0 amide bonds. The van der Waals surface area contributed by atoms with E-state index in [9.17, 15) is 5.11 Å². The summed E-state index contributed by atoms with van der Waals surface area (Å²) < 4.78 is 5.35. The summed E-state index contributed by atoms with van der Waals surface area (Å²) in [5, 5.41) is 9.72. The Morgan fingerprint density at radius 2 is 2.39 bits per heavy atom. The van der Waals surface area contributed by atoms with E-state index in [1.807, 2.05) is 6.92 Å². The van der Waals surface area contributed by atoms with Gasteiger partial charge in [0.25, 0.3) is 0 Å². The summed E-state index contributed by atoms with van der Waals surface area (Å²) in [6.45, 7) is 3.65. The molecule has 18 heavy (non-hydrogen) atoms. The second kappa shape index (κ2) is 5.44. The standard InChI is InChI=1S/C13H21N3O2/c1-9(17)10-4-3-5-16(8-10)11-7-15-13(14)6-12(11)18-2/h6-7,9-10,17H,3-5,8H2,1-2H3,(H2,14,15)/t9?,10-/m1/s1. The van der Waals surface area contributed by atoms with Gasteiger partial charge in [0.15, 0.2) is 0 Å². The first-order valence-corrected chi connectivity index (χ1v) is 6.34. The molecule has 2 atom stereocenters. The highest BCUT2D eigenvalue weighted by Crippen LogP contribution is 2.32. The van der Waals surface area contributed by atoms with Crippen molar-refractivity contribution in [1.29, 1.82) is 0 Å². The number of aliphatic hydroxyl groups is 1. The van der Waals surface area contributed by atoms with Crippen molar-refractivity contribution in [1.82, 2.24) is 4.98 Å². The number of nitrogens with two attached hydrogens (primary N) is 1. The maximum atomic E-state index is 9.72. The first-order valence-electron chi connectivity index (χ1n) is 6.34. The van der Waals surface area contributed by atoms with Crippen LogP contribution in [0.5, 0.6) is 5.75 Å². The number of aliphatic hydroxyl groups excluding tert-OH is 1. The van der Waals surface area contributed by atoms with Gasteiger partial charge >= 0.3 is 0 Å². The molecular weight excluding hydrogens is 230 g/mol. The summed E-state index contributed by atoms with van der Waals surface area (Å²) in [6.07, 6.45) is 3.61. The minimum atomic E-state index is -0.277. The molecule has 1 aliphatic rings. The fourth-order valence-electron chi connectivity index (χ4n) is 2.47. The van der Waals surface area contributed by atoms with Gasteiger partial charge in [0.05, 0.1) is 25.1 Å². The van der Waals surface area contributed by atoms with Crippen molar-refractivity contribution in [2.75, 3.05) is 30.8 Å². The molecule has 1 aliphatic heterocycles. The number of hydrogen-bond acceptors (Lipinski definition) is 5. The Kier molecular flexibility index (Phi) is 3.91. The van der Waals surface area contributed by atoms with Crippen LogP contribution in [0.4, 0.5) is 11.5 Å². The smallest absolute Gasteiger partial charge is 0.147 e. The number of anilines is 2. The van der Waals surface area contributed by atoms with Gasteiger partial charge < -0.3 is 20.5 Å². The molecule has 0 aliphatic carbocycles. The molecule has 1 aromatic heterocycles. The molecule has 0 spiro atoms. The van der Waals surface area contributed by atoms with Crippen LogP contribution in [-0.4, -0.2) is 36.4 Å². The molecule has 1 aromatic rings. The zero-order valence-electron chi connectivity index (χ0n) is 11.0. The maximum Gasteiger partial charge on any atom is 0.147 e. The average Bonchev–Trinajstić information content (AvgIpc) is 2.38. The zero-order valence-corrected chi connectivity index (χ0v) is 11.0. The van der Waals surface area contributed by atoms with E-state index in [0.717, 1.165) is 37.4 Å². The van der Waals surface area contributed by atoms with Crippen molar-refractivity contribution in [3.63, 3.8) is 0 Å². The van der Waals surface area contributed by atoms with Crippen LogP contribution >= 0.6 is 0 Å². The Labute approximate surface area is 108 Å². The summed E-state index contributed by atoms with van der Waals surface area (Å²) in [4.78, 5) is 6.34. The van der Waals surface area contributed by atoms with Crippen LogP contribution in [0.1, 0.15) is 19.8 Å². The van der Waals surface area contributed by atoms with Gasteiger partial charge in [-0.1, -0.05) is 0 Å². The first kappa shape index (κ1) is 13.0. The number of piperidine rings is 1. The molecule has 0 aromatic carbocycles. The summed E-state index contributed by atoms with van der Waals surface area (Å²) in [7, 11) is 1.63. The molecule has 100 valence electrons. The molecule has 2 heterocycles. The molecule has 1 saturated heterocycles. The normalized spacial score (nSPS) is 21.7. The zero-order chi connectivity index (χ0) is 13.1. The number of aromatic nitrogens is 1. The lowest BCUT2D eigenvalue weighted by Gasteiger charge is -2.36. The van der Waals surface area contributed by atoms with Crippen molar-refractivity contribution in [2.24, 2.45) is 5.92 Å². The lowest BCUT2D eigenvalue weighted by molar-refractivity contribution is 0.115. The van der Waals surface area contributed by atoms with Gasteiger partial charge in [0, 0.05) is 25.1 Å². The van der Waals surface area contributed by atoms with Gasteiger partial charge in [-0.05, 0) is 19.8 Å². The molecule has 5 nitrogen and oxygen atoms in total. The third-order valence-electron chi connectivity index (χ3n) is 3.57. The fraction of sp³-hybridized carbons (Fsp3) is 0.615. The van der Waals surface area contributed by atoms with Crippen molar-refractivity contribution < 1.29 is 9.84 Å². The summed E-state index contributed by atoms with van der Waals surface area (Å²) >= 11 is 0. The van der Waals surface area contributed by atoms with Gasteiger partial charge in [-0.15, -0.1) is 0 Å². The highest BCUT2D eigenvalue weighted by Gasteiger charge is 2.25. The molecule has 1 unspecified atom stereocenters. The topological polar surface area (TPSA) is 71.6 Å². The Bertz CT molecular complexity index is 409. The fourth-order valence-corrected chi connectivity index (χ4v) is 2.47. The van der Waals surface area contributed by atoms with Crippen LogP contribution in [0.25, 0.3) is 0 Å². The van der Waals surface area contributed by atoms with Gasteiger partial charge in [-0.25, -0.2) is 4.98 Å². The van der Waals surface area contributed by atoms with Crippen molar-refractivity contribution in [3.05, 3.63) is 12.3 Å². The minimum absolute atomic E-state index is 0.277. The third-order valence-corrected chi connectivity index (χ3v) is 3.57. The minimum Gasteiger partial charge on any atom is -0.494 e. The van der Waals surface area contributed by atoms with Crippen LogP contribution in [-0.2, 0) is 0 Å². The molecule has 3 N–H and O–H groups in total. The number of nitrogen functional groups attached to an aromatic ring is 1. The monoisotopic (exact) mass is 251 g/mol. The Morgan fingerprint density at radius 1 is 1.61 bits per heavy atom. The van der Waals surface area contributed by atoms with E-state index in [0.29, 0.717) is 11.7 Å². The SMILES string of the molecule is COc1cc(N)ncc1N1CCC[C@@H](C(C)O)C1. The number of hydrogen-bond donors (Lipinski definition) is 2. The van der Waals surface area contributed by atoms with Crippen molar-refractivity contribution in [2.45, 2.75) is 25.9 Å². The lowest BCUT2D eigenvalue weighted by atomic mass is 9.93. The second-order valence-electron chi connectivity index (χ2n) is 4.87. The van der Waals surface area contributed by atoms with Crippen molar-refractivity contribution in [3.8, 4) is 5.75 Å². The molecular formula is C13H21N3O2. The molecule has 2 rings (SSSR count). The summed E-state index contributed by atoms with van der Waals surface area (Å²) in [5.74, 6) is 1.51. The van der Waals surface area contributed by atoms with Gasteiger partial charge in [-0.3, -0.25) is 0 Å². The Balaban J connectivity index is 2.20. The van der Waals surface area contributed by atoms with Crippen LogP contribution in [0.2, 0.25) is 0 Å².